The number of rotatable bonds is 4. The summed E-state index contributed by atoms with van der Waals surface area (Å²) in [6.45, 7) is 1.88. The van der Waals surface area contributed by atoms with Crippen LogP contribution in [-0.4, -0.2) is 35.4 Å². The second-order valence-corrected chi connectivity index (χ2v) is 4.67. The molecule has 1 unspecified atom stereocenters. The summed E-state index contributed by atoms with van der Waals surface area (Å²) in [5.41, 5.74) is 5.31. The summed E-state index contributed by atoms with van der Waals surface area (Å²) in [6.07, 6.45) is 0. The highest BCUT2D eigenvalue weighted by Crippen LogP contribution is 2.16. The van der Waals surface area contributed by atoms with Crippen molar-refractivity contribution in [3.8, 4) is 0 Å². The molecule has 0 aliphatic heterocycles. The highest BCUT2D eigenvalue weighted by molar-refractivity contribution is 6.31. The van der Waals surface area contributed by atoms with Gasteiger partial charge in [0.15, 0.2) is 0 Å². The summed E-state index contributed by atoms with van der Waals surface area (Å²) in [4.78, 5) is 13.3. The van der Waals surface area contributed by atoms with Gasteiger partial charge >= 0.3 is 0 Å². The fourth-order valence-corrected chi connectivity index (χ4v) is 1.72. The van der Waals surface area contributed by atoms with Gasteiger partial charge < -0.3 is 15.8 Å². The zero-order valence-corrected chi connectivity index (χ0v) is 11.4. The predicted octanol–water partition coefficient (Wildman–Crippen LogP) is 1.93. The molecule has 1 aromatic rings. The van der Waals surface area contributed by atoms with E-state index in [0.717, 1.165) is 6.07 Å². The summed E-state index contributed by atoms with van der Waals surface area (Å²) in [5.74, 6) is -1.50. The minimum atomic E-state index is -0.641. The van der Waals surface area contributed by atoms with Gasteiger partial charge in [-0.25, -0.2) is 4.39 Å². The molecule has 0 aromatic heterocycles. The Bertz CT molecular complexity index is 508. The lowest BCUT2D eigenvalue weighted by molar-refractivity contribution is 0.0781. The molecule has 0 heterocycles. The van der Waals surface area contributed by atoms with E-state index in [9.17, 15) is 9.18 Å². The van der Waals surface area contributed by atoms with Gasteiger partial charge in [0, 0.05) is 24.5 Å². The van der Waals surface area contributed by atoms with Crippen molar-refractivity contribution in [3.63, 3.8) is 0 Å². The molecule has 0 spiro atoms. The van der Waals surface area contributed by atoms with Gasteiger partial charge in [0.05, 0.1) is 5.56 Å². The number of hydrogen-bond donors (Lipinski definition) is 2. The Morgan fingerprint density at radius 1 is 1.63 bits per heavy atom. The van der Waals surface area contributed by atoms with Crippen molar-refractivity contribution in [2.24, 2.45) is 16.8 Å². The molecule has 1 atom stereocenters. The maximum absolute atomic E-state index is 13.5. The maximum Gasteiger partial charge on any atom is 0.256 e. The quantitative estimate of drug-likeness (QED) is 0.384. The first-order chi connectivity index (χ1) is 8.86. The molecule has 7 heteroatoms. The van der Waals surface area contributed by atoms with E-state index < -0.39 is 11.7 Å². The molecule has 3 N–H and O–H groups in total. The normalized spacial score (nSPS) is 13.2. The minimum Gasteiger partial charge on any atom is -0.409 e. The molecule has 0 aliphatic rings. The molecule has 1 amide bonds. The SMILES string of the molecule is CC(CN(C)C(=O)c1cc(Cl)ccc1F)/C(N)=N/O. The third-order valence-electron chi connectivity index (χ3n) is 2.67. The van der Waals surface area contributed by atoms with Crippen LogP contribution in [0.5, 0.6) is 0 Å². The number of oxime groups is 1. The van der Waals surface area contributed by atoms with Crippen molar-refractivity contribution in [1.29, 1.82) is 0 Å². The van der Waals surface area contributed by atoms with E-state index in [1.807, 2.05) is 0 Å². The van der Waals surface area contributed by atoms with Gasteiger partial charge in [-0.3, -0.25) is 4.79 Å². The first-order valence-corrected chi connectivity index (χ1v) is 5.92. The van der Waals surface area contributed by atoms with Gasteiger partial charge in [0.1, 0.15) is 11.7 Å². The van der Waals surface area contributed by atoms with Gasteiger partial charge in [-0.15, -0.1) is 0 Å². The first kappa shape index (κ1) is 15.2. The highest BCUT2D eigenvalue weighted by atomic mass is 35.5. The van der Waals surface area contributed by atoms with Gasteiger partial charge in [-0.05, 0) is 18.2 Å². The molecule has 0 aliphatic carbocycles. The van der Waals surface area contributed by atoms with Crippen molar-refractivity contribution in [2.75, 3.05) is 13.6 Å². The Balaban J connectivity index is 2.85. The molecule has 0 saturated carbocycles. The second kappa shape index (κ2) is 6.38. The van der Waals surface area contributed by atoms with Crippen molar-refractivity contribution in [1.82, 2.24) is 4.90 Å². The van der Waals surface area contributed by atoms with E-state index in [-0.39, 0.29) is 28.9 Å². The molecule has 19 heavy (non-hydrogen) atoms. The van der Waals surface area contributed by atoms with E-state index in [1.54, 1.807) is 6.92 Å². The van der Waals surface area contributed by atoms with Crippen LogP contribution in [0.1, 0.15) is 17.3 Å². The number of nitrogens with zero attached hydrogens (tertiary/aromatic N) is 2. The third-order valence-corrected chi connectivity index (χ3v) is 2.91. The highest BCUT2D eigenvalue weighted by Gasteiger charge is 2.19. The van der Waals surface area contributed by atoms with Gasteiger partial charge in [0.2, 0.25) is 0 Å². The monoisotopic (exact) mass is 287 g/mol. The van der Waals surface area contributed by atoms with Crippen LogP contribution in [-0.2, 0) is 0 Å². The molecule has 5 nitrogen and oxygen atoms in total. The average molecular weight is 288 g/mol. The van der Waals surface area contributed by atoms with E-state index in [1.165, 1.54) is 24.1 Å². The van der Waals surface area contributed by atoms with E-state index >= 15 is 0 Å². The summed E-state index contributed by atoms with van der Waals surface area (Å²) in [7, 11) is 1.50. The summed E-state index contributed by atoms with van der Waals surface area (Å²) >= 11 is 5.73. The van der Waals surface area contributed by atoms with Gasteiger partial charge in [0.25, 0.3) is 5.91 Å². The van der Waals surface area contributed by atoms with Crippen LogP contribution in [0.3, 0.4) is 0 Å². The lowest BCUT2D eigenvalue weighted by atomic mass is 10.1. The number of nitrogens with two attached hydrogens (primary N) is 1. The summed E-state index contributed by atoms with van der Waals surface area (Å²) in [6, 6.07) is 3.77. The number of amides is 1. The Morgan fingerprint density at radius 2 is 2.26 bits per heavy atom. The fraction of sp³-hybridized carbons (Fsp3) is 0.333. The van der Waals surface area contributed by atoms with Crippen LogP contribution in [0.25, 0.3) is 0 Å². The average Bonchev–Trinajstić information content (AvgIpc) is 2.39. The van der Waals surface area contributed by atoms with Crippen LogP contribution in [0.15, 0.2) is 23.4 Å². The Kier molecular flexibility index (Phi) is 5.11. The number of carbonyl (C=O) groups is 1. The first-order valence-electron chi connectivity index (χ1n) is 5.54. The number of halogens is 2. The molecule has 0 bridgehead atoms. The minimum absolute atomic E-state index is 0.00576. The predicted molar refractivity (Wildman–Crippen MR) is 70.9 cm³/mol. The van der Waals surface area contributed by atoms with Crippen molar-refractivity contribution in [2.45, 2.75) is 6.92 Å². The van der Waals surface area contributed by atoms with E-state index in [4.69, 9.17) is 22.5 Å². The number of amidine groups is 1. The molecule has 0 fully saturated rings. The second-order valence-electron chi connectivity index (χ2n) is 4.24. The topological polar surface area (TPSA) is 78.9 Å². The van der Waals surface area contributed by atoms with Crippen molar-refractivity contribution in [3.05, 3.63) is 34.6 Å². The molecular formula is C12H15ClFN3O2. The summed E-state index contributed by atoms with van der Waals surface area (Å²) in [5, 5.41) is 11.7. The maximum atomic E-state index is 13.5. The zero-order valence-electron chi connectivity index (χ0n) is 10.6. The van der Waals surface area contributed by atoms with Gasteiger partial charge in [-0.1, -0.05) is 23.7 Å². The fourth-order valence-electron chi connectivity index (χ4n) is 1.55. The molecule has 1 aromatic carbocycles. The lowest BCUT2D eigenvalue weighted by Crippen LogP contribution is -2.36. The van der Waals surface area contributed by atoms with E-state index in [0.29, 0.717) is 0 Å². The van der Waals surface area contributed by atoms with Crippen LogP contribution in [0.2, 0.25) is 5.02 Å². The smallest absolute Gasteiger partial charge is 0.256 e. The number of hydrogen-bond acceptors (Lipinski definition) is 3. The molecule has 1 rings (SSSR count). The largest absolute Gasteiger partial charge is 0.409 e. The van der Waals surface area contributed by atoms with Crippen molar-refractivity contribution < 1.29 is 14.4 Å². The summed E-state index contributed by atoms with van der Waals surface area (Å²) < 4.78 is 13.5. The van der Waals surface area contributed by atoms with Crippen LogP contribution in [0, 0.1) is 11.7 Å². The third kappa shape index (κ3) is 3.82. The standard InChI is InChI=1S/C12H15ClFN3O2/c1-7(11(15)16-19)6-17(2)12(18)9-5-8(13)3-4-10(9)14/h3-5,7,19H,6H2,1-2H3,(H2,15,16). The van der Waals surface area contributed by atoms with Crippen LogP contribution >= 0.6 is 11.6 Å². The molecule has 0 radical (unpaired) electrons. The van der Waals surface area contributed by atoms with Crippen LogP contribution < -0.4 is 5.73 Å². The van der Waals surface area contributed by atoms with E-state index in [2.05, 4.69) is 5.16 Å². The van der Waals surface area contributed by atoms with Gasteiger partial charge in [-0.2, -0.15) is 0 Å². The molecular weight excluding hydrogens is 273 g/mol. The van der Waals surface area contributed by atoms with Crippen molar-refractivity contribution >= 4 is 23.3 Å². The zero-order chi connectivity index (χ0) is 14.6. The Hall–Kier alpha value is -1.82. The molecule has 104 valence electrons. The molecule has 0 saturated heterocycles. The number of carbonyl (C=O) groups excluding carboxylic acids is 1. The van der Waals surface area contributed by atoms with Crippen LogP contribution in [0.4, 0.5) is 4.39 Å². The number of benzene rings is 1. The Morgan fingerprint density at radius 3 is 2.84 bits per heavy atom. The Labute approximate surface area is 115 Å². The lowest BCUT2D eigenvalue weighted by Gasteiger charge is -2.21.